The molecule has 0 bridgehead atoms. The summed E-state index contributed by atoms with van der Waals surface area (Å²) in [5.41, 5.74) is -0.611. The number of hydrogen-bond donors (Lipinski definition) is 0. The molecule has 1 nitrogen and oxygen atoms in total. The zero-order chi connectivity index (χ0) is 6.91. The standard InChI is InChI=1S/C3H2BF3NS.K/c5-4(6,7)3-1-8-9-2-3;/h1-2H;/q-1;+1. The molecule has 0 aliphatic heterocycles. The first kappa shape index (κ1) is 11.1. The fourth-order valence-corrected chi connectivity index (χ4v) is 0.955. The van der Waals surface area contributed by atoms with E-state index in [4.69, 9.17) is 0 Å². The van der Waals surface area contributed by atoms with Crippen molar-refractivity contribution in [3.8, 4) is 0 Å². The maximum Gasteiger partial charge on any atom is 1.00 e. The van der Waals surface area contributed by atoms with Crippen LogP contribution in [-0.4, -0.2) is 11.4 Å². The van der Waals surface area contributed by atoms with Gasteiger partial charge in [-0.25, -0.2) is 4.37 Å². The van der Waals surface area contributed by atoms with Crippen LogP contribution in [0.4, 0.5) is 12.9 Å². The molecule has 0 fully saturated rings. The van der Waals surface area contributed by atoms with Gasteiger partial charge in [-0.15, -0.1) is 0 Å². The summed E-state index contributed by atoms with van der Waals surface area (Å²) in [7, 11) is 0. The molecule has 0 saturated carbocycles. The number of rotatable bonds is 1. The molecule has 1 rings (SSSR count). The van der Waals surface area contributed by atoms with Crippen molar-refractivity contribution in [3.63, 3.8) is 0 Å². The summed E-state index contributed by atoms with van der Waals surface area (Å²) in [5, 5.41) is 1.00. The van der Waals surface area contributed by atoms with Crippen molar-refractivity contribution in [2.45, 2.75) is 0 Å². The molecule has 0 N–H and O–H groups in total. The van der Waals surface area contributed by atoms with Crippen LogP contribution in [0.5, 0.6) is 0 Å². The number of hydrogen-bond acceptors (Lipinski definition) is 2. The van der Waals surface area contributed by atoms with E-state index < -0.39 is 12.4 Å². The Morgan fingerprint density at radius 2 is 2.00 bits per heavy atom. The van der Waals surface area contributed by atoms with Gasteiger partial charge in [0.1, 0.15) is 0 Å². The molecule has 10 heavy (non-hydrogen) atoms. The Hall–Kier alpha value is 1.12. The van der Waals surface area contributed by atoms with Crippen LogP contribution in [0.25, 0.3) is 0 Å². The third-order valence-electron chi connectivity index (χ3n) is 0.829. The zero-order valence-electron chi connectivity index (χ0n) is 5.22. The summed E-state index contributed by atoms with van der Waals surface area (Å²) in [6.07, 6.45) is 0.838. The van der Waals surface area contributed by atoms with Gasteiger partial charge >= 0.3 is 58.4 Å². The fraction of sp³-hybridized carbons (Fsp3) is 0. The van der Waals surface area contributed by atoms with Gasteiger partial charge in [-0.05, 0) is 16.9 Å². The Bertz CT molecular complexity index is 186. The summed E-state index contributed by atoms with van der Waals surface area (Å²) in [5.74, 6) is 0. The van der Waals surface area contributed by atoms with Gasteiger partial charge in [-0.1, -0.05) is 5.46 Å². The SMILES string of the molecule is F[B-](F)(F)c1cnsc1.[K+]. The topological polar surface area (TPSA) is 12.9 Å². The smallest absolute Gasteiger partial charge is 0.445 e. The minimum atomic E-state index is -4.82. The average Bonchev–Trinajstić information content (AvgIpc) is 2.08. The third-order valence-corrected chi connectivity index (χ3v) is 1.43. The molecule has 50 valence electrons. The summed E-state index contributed by atoms with van der Waals surface area (Å²) in [6, 6.07) is 0. The van der Waals surface area contributed by atoms with E-state index in [0.717, 1.165) is 23.1 Å². The molecule has 0 aromatic carbocycles. The van der Waals surface area contributed by atoms with Crippen LogP contribution in [0.1, 0.15) is 0 Å². The van der Waals surface area contributed by atoms with E-state index in [1.165, 1.54) is 0 Å². The van der Waals surface area contributed by atoms with Gasteiger partial charge in [0.2, 0.25) is 0 Å². The van der Waals surface area contributed by atoms with Crippen LogP contribution in [0.3, 0.4) is 0 Å². The Morgan fingerprint density at radius 1 is 1.40 bits per heavy atom. The number of aromatic nitrogens is 1. The first-order valence-corrected chi connectivity index (χ1v) is 3.03. The maximum absolute atomic E-state index is 11.7. The normalized spacial score (nSPS) is 10.7. The Morgan fingerprint density at radius 3 is 2.20 bits per heavy atom. The Kier molecular flexibility index (Phi) is 4.70. The van der Waals surface area contributed by atoms with E-state index in [1.807, 2.05) is 0 Å². The van der Waals surface area contributed by atoms with Crippen LogP contribution >= 0.6 is 11.5 Å². The molecule has 0 aliphatic rings. The van der Waals surface area contributed by atoms with Crippen LogP contribution < -0.4 is 56.8 Å². The number of nitrogens with zero attached hydrogens (tertiary/aromatic N) is 1. The van der Waals surface area contributed by atoms with E-state index in [2.05, 4.69) is 4.37 Å². The van der Waals surface area contributed by atoms with Crippen LogP contribution in [0.15, 0.2) is 11.6 Å². The van der Waals surface area contributed by atoms with Crippen molar-refractivity contribution in [2.75, 3.05) is 0 Å². The van der Waals surface area contributed by atoms with Gasteiger partial charge in [0, 0.05) is 6.20 Å². The van der Waals surface area contributed by atoms with E-state index in [-0.39, 0.29) is 51.4 Å². The first-order chi connectivity index (χ1) is 4.11. The molecule has 1 heterocycles. The first-order valence-electron chi connectivity index (χ1n) is 2.20. The monoisotopic (exact) mass is 191 g/mol. The van der Waals surface area contributed by atoms with Crippen LogP contribution in [0, 0.1) is 0 Å². The molecular weight excluding hydrogens is 189 g/mol. The summed E-state index contributed by atoms with van der Waals surface area (Å²) in [6.45, 7) is -4.82. The summed E-state index contributed by atoms with van der Waals surface area (Å²) in [4.78, 5) is 0. The van der Waals surface area contributed by atoms with E-state index in [0.29, 0.717) is 0 Å². The van der Waals surface area contributed by atoms with Gasteiger partial charge in [0.05, 0.1) is 0 Å². The van der Waals surface area contributed by atoms with Crippen molar-refractivity contribution in [3.05, 3.63) is 11.6 Å². The van der Waals surface area contributed by atoms with Crippen molar-refractivity contribution in [1.29, 1.82) is 0 Å². The third kappa shape index (κ3) is 3.02. The number of halogens is 3. The molecule has 0 unspecified atom stereocenters. The second-order valence-corrected chi connectivity index (χ2v) is 2.19. The predicted octanol–water partition coefficient (Wildman–Crippen LogP) is -1.80. The fourth-order valence-electron chi connectivity index (χ4n) is 0.375. The van der Waals surface area contributed by atoms with Crippen molar-refractivity contribution in [2.24, 2.45) is 0 Å². The van der Waals surface area contributed by atoms with Crippen LogP contribution in [-0.2, 0) is 0 Å². The van der Waals surface area contributed by atoms with Gasteiger partial charge in [0.25, 0.3) is 0 Å². The maximum atomic E-state index is 11.7. The second-order valence-electron chi connectivity index (χ2n) is 1.53. The van der Waals surface area contributed by atoms with Crippen molar-refractivity contribution in [1.82, 2.24) is 4.37 Å². The minimum Gasteiger partial charge on any atom is -0.445 e. The van der Waals surface area contributed by atoms with Gasteiger partial charge < -0.3 is 12.9 Å². The quantitative estimate of drug-likeness (QED) is 0.477. The largest absolute Gasteiger partial charge is 1.00 e. The molecule has 0 atom stereocenters. The molecule has 1 aromatic rings. The summed E-state index contributed by atoms with van der Waals surface area (Å²) >= 11 is 0.812. The van der Waals surface area contributed by atoms with Gasteiger partial charge in [0.15, 0.2) is 0 Å². The molecule has 7 heteroatoms. The molecule has 1 aromatic heterocycles. The van der Waals surface area contributed by atoms with Crippen LogP contribution in [0.2, 0.25) is 0 Å². The predicted molar refractivity (Wildman–Crippen MR) is 30.8 cm³/mol. The molecule has 0 saturated heterocycles. The average molecular weight is 191 g/mol. The Balaban J connectivity index is 0.000000810. The summed E-state index contributed by atoms with van der Waals surface area (Å²) < 4.78 is 38.3. The molecule has 0 aliphatic carbocycles. The van der Waals surface area contributed by atoms with Crippen molar-refractivity contribution < 1.29 is 64.3 Å². The van der Waals surface area contributed by atoms with Gasteiger partial charge in [-0.2, -0.15) is 0 Å². The van der Waals surface area contributed by atoms with E-state index in [9.17, 15) is 12.9 Å². The van der Waals surface area contributed by atoms with Crippen molar-refractivity contribution >= 4 is 24.0 Å². The minimum absolute atomic E-state index is 0. The molecule has 0 spiro atoms. The van der Waals surface area contributed by atoms with E-state index >= 15 is 0 Å². The molecule has 0 radical (unpaired) electrons. The second kappa shape index (κ2) is 4.22. The molecular formula is C3H2BF3KNS. The molecule has 0 amide bonds. The Labute approximate surface area is 103 Å². The van der Waals surface area contributed by atoms with Gasteiger partial charge in [-0.3, -0.25) is 0 Å². The zero-order valence-corrected chi connectivity index (χ0v) is 9.16. The van der Waals surface area contributed by atoms with E-state index in [1.54, 1.807) is 0 Å².